The van der Waals surface area contributed by atoms with Crippen LogP contribution in [0, 0.1) is 11.8 Å². The van der Waals surface area contributed by atoms with Crippen LogP contribution in [0.15, 0.2) is 35.2 Å². The minimum Gasteiger partial charge on any atom is -0.446 e. The molecule has 1 aromatic heterocycles. The normalized spacial score (nSPS) is 24.1. The smallest absolute Gasteiger partial charge is 0.253 e. The van der Waals surface area contributed by atoms with Crippen molar-refractivity contribution in [1.29, 1.82) is 0 Å². The molecule has 1 aliphatic heterocycles. The highest BCUT2D eigenvalue weighted by molar-refractivity contribution is 5.94. The summed E-state index contributed by atoms with van der Waals surface area (Å²) in [4.78, 5) is 32.6. The van der Waals surface area contributed by atoms with Crippen LogP contribution >= 0.6 is 0 Å². The third kappa shape index (κ3) is 2.62. The van der Waals surface area contributed by atoms with Gasteiger partial charge >= 0.3 is 0 Å². The monoisotopic (exact) mass is 339 g/mol. The second-order valence-electron chi connectivity index (χ2n) is 7.21. The molecule has 6 heteroatoms. The van der Waals surface area contributed by atoms with E-state index in [-0.39, 0.29) is 23.8 Å². The first-order valence-electron chi connectivity index (χ1n) is 8.50. The van der Waals surface area contributed by atoms with Gasteiger partial charge in [-0.3, -0.25) is 9.59 Å². The topological polar surface area (TPSA) is 66.7 Å². The number of rotatable bonds is 3. The molecule has 2 amide bonds. The molecule has 2 heterocycles. The first kappa shape index (κ1) is 15.9. The molecule has 1 aromatic carbocycles. The lowest BCUT2D eigenvalue weighted by Gasteiger charge is -2.23. The van der Waals surface area contributed by atoms with E-state index in [2.05, 4.69) is 11.9 Å². The summed E-state index contributed by atoms with van der Waals surface area (Å²) >= 11 is 0. The van der Waals surface area contributed by atoms with E-state index < -0.39 is 0 Å². The van der Waals surface area contributed by atoms with Crippen molar-refractivity contribution in [3.63, 3.8) is 0 Å². The quantitative estimate of drug-likeness (QED) is 0.861. The molecule has 0 radical (unpaired) electrons. The lowest BCUT2D eigenvalue weighted by atomic mass is 10.00. The average Bonchev–Trinajstić information content (AvgIpc) is 3.02. The number of nitrogens with zero attached hydrogens (tertiary/aromatic N) is 3. The van der Waals surface area contributed by atoms with Crippen molar-refractivity contribution in [2.75, 3.05) is 14.1 Å². The highest BCUT2D eigenvalue weighted by Gasteiger charge is 2.46. The Morgan fingerprint density at radius 1 is 1.32 bits per heavy atom. The average molecular weight is 339 g/mol. The molecular formula is C19H21N3O3. The highest BCUT2D eigenvalue weighted by Crippen LogP contribution is 2.45. The Balaban J connectivity index is 1.72. The number of aromatic nitrogens is 1. The van der Waals surface area contributed by atoms with Gasteiger partial charge in [-0.2, -0.15) is 0 Å². The zero-order valence-electron chi connectivity index (χ0n) is 14.6. The number of carbonyl (C=O) groups is 2. The van der Waals surface area contributed by atoms with Crippen molar-refractivity contribution < 1.29 is 14.0 Å². The van der Waals surface area contributed by atoms with Gasteiger partial charge in [0.05, 0.1) is 6.20 Å². The van der Waals surface area contributed by atoms with E-state index in [4.69, 9.17) is 4.42 Å². The summed E-state index contributed by atoms with van der Waals surface area (Å²) < 4.78 is 5.52. The summed E-state index contributed by atoms with van der Waals surface area (Å²) in [5, 5.41) is 0. The largest absolute Gasteiger partial charge is 0.446 e. The van der Waals surface area contributed by atoms with Crippen LogP contribution in [0.3, 0.4) is 0 Å². The van der Waals surface area contributed by atoms with Crippen molar-refractivity contribution in [2.45, 2.75) is 25.9 Å². The van der Waals surface area contributed by atoms with Gasteiger partial charge in [-0.05, 0) is 35.6 Å². The zero-order chi connectivity index (χ0) is 17.7. The molecule has 0 spiro atoms. The third-order valence-corrected chi connectivity index (χ3v) is 5.17. The van der Waals surface area contributed by atoms with Crippen LogP contribution in [-0.4, -0.2) is 40.7 Å². The summed E-state index contributed by atoms with van der Waals surface area (Å²) in [6.07, 6.45) is 3.99. The summed E-state index contributed by atoms with van der Waals surface area (Å²) in [5.74, 6) is 1.32. The van der Waals surface area contributed by atoms with Crippen molar-refractivity contribution in [3.8, 4) is 0 Å². The van der Waals surface area contributed by atoms with E-state index in [1.165, 1.54) is 6.39 Å². The van der Waals surface area contributed by atoms with Gasteiger partial charge in [0.15, 0.2) is 12.2 Å². The Labute approximate surface area is 146 Å². The van der Waals surface area contributed by atoms with Crippen LogP contribution in [0.2, 0.25) is 0 Å². The first-order chi connectivity index (χ1) is 12.0. The number of oxazole rings is 1. The summed E-state index contributed by atoms with van der Waals surface area (Å²) in [7, 11) is 3.47. The Bertz CT molecular complexity index is 828. The predicted molar refractivity (Wildman–Crippen MR) is 90.6 cm³/mol. The Kier molecular flexibility index (Phi) is 3.63. The fourth-order valence-electron chi connectivity index (χ4n) is 3.60. The van der Waals surface area contributed by atoms with Gasteiger partial charge in [0.25, 0.3) is 5.91 Å². The minimum absolute atomic E-state index is 0.0420. The van der Waals surface area contributed by atoms with Gasteiger partial charge in [-0.1, -0.05) is 13.0 Å². The number of amides is 2. The van der Waals surface area contributed by atoms with E-state index in [1.807, 2.05) is 23.1 Å². The van der Waals surface area contributed by atoms with Crippen LogP contribution in [0.4, 0.5) is 0 Å². The van der Waals surface area contributed by atoms with E-state index in [1.54, 1.807) is 25.2 Å². The molecular weight excluding hydrogens is 318 g/mol. The number of carbonyl (C=O) groups excluding carboxylic acids is 2. The molecule has 0 unspecified atom stereocenters. The predicted octanol–water partition coefficient (Wildman–Crippen LogP) is 2.46. The van der Waals surface area contributed by atoms with Crippen molar-refractivity contribution in [1.82, 2.24) is 14.8 Å². The molecule has 2 aromatic rings. The fraction of sp³-hybridized carbons (Fsp3) is 0.421. The van der Waals surface area contributed by atoms with Crippen LogP contribution in [0.25, 0.3) is 0 Å². The molecule has 0 bridgehead atoms. The SMILES string of the molecule is C[C@@H]1C[C@H]1C(=O)N1Cc2cc(C(=O)N(C)C)ccc2[C@H]1c1cnco1. The first-order valence-corrected chi connectivity index (χ1v) is 8.50. The Hall–Kier alpha value is -2.63. The summed E-state index contributed by atoms with van der Waals surface area (Å²) in [6.45, 7) is 2.60. The van der Waals surface area contributed by atoms with Crippen molar-refractivity contribution >= 4 is 11.8 Å². The third-order valence-electron chi connectivity index (χ3n) is 5.17. The second-order valence-corrected chi connectivity index (χ2v) is 7.21. The number of hydrogen-bond acceptors (Lipinski definition) is 4. The fourth-order valence-corrected chi connectivity index (χ4v) is 3.60. The molecule has 3 atom stereocenters. The van der Waals surface area contributed by atoms with Crippen LogP contribution < -0.4 is 0 Å². The second kappa shape index (κ2) is 5.72. The zero-order valence-corrected chi connectivity index (χ0v) is 14.6. The van der Waals surface area contributed by atoms with Gasteiger partial charge in [-0.25, -0.2) is 4.98 Å². The molecule has 0 N–H and O–H groups in total. The maximum Gasteiger partial charge on any atom is 0.253 e. The standard InChI is InChI=1S/C19H21N3O3/c1-11-6-15(11)19(24)22-9-13-7-12(18(23)21(2)3)4-5-14(13)17(22)16-8-20-10-25-16/h4-5,7-8,10-11,15,17H,6,9H2,1-3H3/t11-,15-,17+/m1/s1. The molecule has 1 aliphatic carbocycles. The van der Waals surface area contributed by atoms with Crippen molar-refractivity contribution in [3.05, 3.63) is 53.2 Å². The summed E-state index contributed by atoms with van der Waals surface area (Å²) in [6, 6.07) is 5.38. The van der Waals surface area contributed by atoms with Gasteiger partial charge in [0.2, 0.25) is 5.91 Å². The molecule has 4 rings (SSSR count). The number of hydrogen-bond donors (Lipinski definition) is 0. The highest BCUT2D eigenvalue weighted by atomic mass is 16.3. The maximum absolute atomic E-state index is 12.9. The van der Waals surface area contributed by atoms with E-state index >= 15 is 0 Å². The van der Waals surface area contributed by atoms with E-state index in [9.17, 15) is 9.59 Å². The van der Waals surface area contributed by atoms with Crippen LogP contribution in [-0.2, 0) is 11.3 Å². The molecule has 6 nitrogen and oxygen atoms in total. The van der Waals surface area contributed by atoms with Gasteiger partial charge < -0.3 is 14.2 Å². The molecule has 25 heavy (non-hydrogen) atoms. The number of fused-ring (bicyclic) bond motifs is 1. The van der Waals surface area contributed by atoms with E-state index in [0.29, 0.717) is 23.8 Å². The Morgan fingerprint density at radius 2 is 2.08 bits per heavy atom. The van der Waals surface area contributed by atoms with Crippen molar-refractivity contribution in [2.24, 2.45) is 11.8 Å². The molecule has 0 saturated heterocycles. The van der Waals surface area contributed by atoms with Crippen LogP contribution in [0.5, 0.6) is 0 Å². The Morgan fingerprint density at radius 3 is 2.68 bits per heavy atom. The summed E-state index contributed by atoms with van der Waals surface area (Å²) in [5.41, 5.74) is 2.64. The molecule has 1 saturated carbocycles. The van der Waals surface area contributed by atoms with Gasteiger partial charge in [0, 0.05) is 32.1 Å². The van der Waals surface area contributed by atoms with Gasteiger partial charge in [0.1, 0.15) is 6.04 Å². The van der Waals surface area contributed by atoms with Crippen LogP contribution in [0.1, 0.15) is 46.6 Å². The minimum atomic E-state index is -0.263. The molecule has 130 valence electrons. The number of benzene rings is 1. The lowest BCUT2D eigenvalue weighted by molar-refractivity contribution is -0.134. The lowest BCUT2D eigenvalue weighted by Crippen LogP contribution is -2.31. The molecule has 1 fully saturated rings. The maximum atomic E-state index is 12.9. The van der Waals surface area contributed by atoms with Gasteiger partial charge in [-0.15, -0.1) is 0 Å². The van der Waals surface area contributed by atoms with E-state index in [0.717, 1.165) is 17.5 Å². The molecule has 2 aliphatic rings.